The molecular formula is C12H10N2O2S. The molecule has 0 aliphatic heterocycles. The maximum atomic E-state index is 12.2. The van der Waals surface area contributed by atoms with Gasteiger partial charge in [0.2, 0.25) is 0 Å². The number of hydrogen-bond donors (Lipinski definition) is 1. The van der Waals surface area contributed by atoms with Crippen LogP contribution in [-0.2, 0) is 19.4 Å². The molecule has 5 heteroatoms. The number of nitrogens with one attached hydrogen (secondary N) is 1. The lowest BCUT2D eigenvalue weighted by molar-refractivity contribution is 0.742. The van der Waals surface area contributed by atoms with Gasteiger partial charge in [-0.1, -0.05) is 5.92 Å². The average molecular weight is 246 g/mol. The largest absolute Gasteiger partial charge is 0.330 e. The number of aryl methyl sites for hydroxylation is 2. The van der Waals surface area contributed by atoms with Gasteiger partial charge in [-0.05, 0) is 24.8 Å². The molecular weight excluding hydrogens is 236 g/mol. The number of fused-ring (bicyclic) bond motifs is 3. The molecule has 0 radical (unpaired) electrons. The lowest BCUT2D eigenvalue weighted by Gasteiger charge is -2.00. The summed E-state index contributed by atoms with van der Waals surface area (Å²) in [6, 6.07) is 0. The van der Waals surface area contributed by atoms with E-state index in [-0.39, 0.29) is 12.1 Å². The number of nitrogens with zero attached hydrogens (tertiary/aromatic N) is 1. The van der Waals surface area contributed by atoms with Crippen LogP contribution >= 0.6 is 11.3 Å². The summed E-state index contributed by atoms with van der Waals surface area (Å²) in [5.41, 5.74) is 0.443. The molecule has 2 aromatic heterocycles. The van der Waals surface area contributed by atoms with Crippen LogP contribution < -0.4 is 11.2 Å². The molecule has 0 amide bonds. The highest BCUT2D eigenvalue weighted by molar-refractivity contribution is 7.18. The fraction of sp³-hybridized carbons (Fsp3) is 0.333. The second-order valence-electron chi connectivity index (χ2n) is 4.09. The Hall–Kier alpha value is -1.80. The molecule has 17 heavy (non-hydrogen) atoms. The molecule has 2 aromatic rings. The predicted octanol–water partition coefficient (Wildman–Crippen LogP) is 0.873. The Morgan fingerprint density at radius 3 is 3.00 bits per heavy atom. The Morgan fingerprint density at radius 1 is 1.41 bits per heavy atom. The Balaban J connectivity index is 2.44. The van der Waals surface area contributed by atoms with E-state index in [1.807, 2.05) is 0 Å². The van der Waals surface area contributed by atoms with Gasteiger partial charge >= 0.3 is 5.69 Å². The number of terminal acetylenes is 1. The van der Waals surface area contributed by atoms with Gasteiger partial charge in [0.25, 0.3) is 5.56 Å². The Morgan fingerprint density at radius 2 is 2.24 bits per heavy atom. The van der Waals surface area contributed by atoms with Crippen LogP contribution in [0.2, 0.25) is 0 Å². The molecule has 3 rings (SSSR count). The minimum Gasteiger partial charge on any atom is -0.298 e. The van der Waals surface area contributed by atoms with Crippen LogP contribution in [0, 0.1) is 12.3 Å². The first-order valence-electron chi connectivity index (χ1n) is 5.43. The second kappa shape index (κ2) is 3.60. The van der Waals surface area contributed by atoms with Crippen LogP contribution in [0.5, 0.6) is 0 Å². The molecule has 0 saturated carbocycles. The van der Waals surface area contributed by atoms with E-state index in [0.29, 0.717) is 10.2 Å². The Labute approximate surface area is 101 Å². The summed E-state index contributed by atoms with van der Waals surface area (Å²) in [5.74, 6) is 2.34. The predicted molar refractivity (Wildman–Crippen MR) is 67.6 cm³/mol. The van der Waals surface area contributed by atoms with E-state index < -0.39 is 5.69 Å². The summed E-state index contributed by atoms with van der Waals surface area (Å²) in [7, 11) is 0. The van der Waals surface area contributed by atoms with Crippen LogP contribution in [-0.4, -0.2) is 9.55 Å². The van der Waals surface area contributed by atoms with E-state index in [1.54, 1.807) is 0 Å². The third-order valence-electron chi connectivity index (χ3n) is 3.10. The normalized spacial score (nSPS) is 13.8. The van der Waals surface area contributed by atoms with E-state index in [9.17, 15) is 9.59 Å². The van der Waals surface area contributed by atoms with E-state index in [0.717, 1.165) is 29.4 Å². The molecule has 0 atom stereocenters. The first-order chi connectivity index (χ1) is 8.22. The molecule has 1 aliphatic carbocycles. The average Bonchev–Trinajstić information content (AvgIpc) is 2.83. The van der Waals surface area contributed by atoms with Crippen LogP contribution in [0.3, 0.4) is 0 Å². The molecule has 0 bridgehead atoms. The van der Waals surface area contributed by atoms with Crippen molar-refractivity contribution in [3.63, 3.8) is 0 Å². The third kappa shape index (κ3) is 1.38. The Kier molecular flexibility index (Phi) is 2.20. The number of H-pyrrole nitrogens is 1. The zero-order chi connectivity index (χ0) is 12.0. The van der Waals surface area contributed by atoms with Crippen molar-refractivity contribution in [2.45, 2.75) is 25.8 Å². The third-order valence-corrected chi connectivity index (χ3v) is 4.30. The first kappa shape index (κ1) is 10.4. The summed E-state index contributed by atoms with van der Waals surface area (Å²) in [4.78, 5) is 28.6. The van der Waals surface area contributed by atoms with Gasteiger partial charge in [-0.25, -0.2) is 9.36 Å². The summed E-state index contributed by atoms with van der Waals surface area (Å²) in [5, 5.41) is 0.664. The first-order valence-corrected chi connectivity index (χ1v) is 6.25. The quantitative estimate of drug-likeness (QED) is 0.759. The van der Waals surface area contributed by atoms with Crippen LogP contribution in [0.1, 0.15) is 16.9 Å². The van der Waals surface area contributed by atoms with Gasteiger partial charge in [0.1, 0.15) is 4.83 Å². The topological polar surface area (TPSA) is 54.9 Å². The van der Waals surface area contributed by atoms with Gasteiger partial charge in [-0.3, -0.25) is 9.78 Å². The van der Waals surface area contributed by atoms with E-state index in [2.05, 4.69) is 10.9 Å². The summed E-state index contributed by atoms with van der Waals surface area (Å²) in [6.45, 7) is 0.0225. The van der Waals surface area contributed by atoms with Crippen molar-refractivity contribution in [2.24, 2.45) is 0 Å². The highest BCUT2D eigenvalue weighted by atomic mass is 32.1. The van der Waals surface area contributed by atoms with Crippen molar-refractivity contribution in [1.29, 1.82) is 0 Å². The van der Waals surface area contributed by atoms with Gasteiger partial charge in [0, 0.05) is 4.88 Å². The number of thiophene rings is 1. The summed E-state index contributed by atoms with van der Waals surface area (Å²) in [6.07, 6.45) is 8.19. The summed E-state index contributed by atoms with van der Waals surface area (Å²) < 4.78 is 1.09. The van der Waals surface area contributed by atoms with Crippen molar-refractivity contribution >= 4 is 21.6 Å². The van der Waals surface area contributed by atoms with Gasteiger partial charge in [-0.15, -0.1) is 17.8 Å². The van der Waals surface area contributed by atoms with Gasteiger partial charge in [-0.2, -0.15) is 0 Å². The van der Waals surface area contributed by atoms with Crippen molar-refractivity contribution in [2.75, 3.05) is 0 Å². The highest BCUT2D eigenvalue weighted by Gasteiger charge is 2.21. The lowest BCUT2D eigenvalue weighted by Crippen LogP contribution is -2.34. The molecule has 0 unspecified atom stereocenters. The molecule has 86 valence electrons. The second-order valence-corrected chi connectivity index (χ2v) is 5.19. The van der Waals surface area contributed by atoms with Gasteiger partial charge < -0.3 is 0 Å². The zero-order valence-electron chi connectivity index (χ0n) is 9.08. The number of aromatic nitrogens is 2. The van der Waals surface area contributed by atoms with Crippen molar-refractivity contribution in [1.82, 2.24) is 9.55 Å². The SMILES string of the molecule is C#CCn1c(=O)[nH]c2sc3c(c2c1=O)CCC3. The maximum absolute atomic E-state index is 12.2. The maximum Gasteiger partial charge on any atom is 0.330 e. The minimum atomic E-state index is -0.416. The van der Waals surface area contributed by atoms with E-state index >= 15 is 0 Å². The van der Waals surface area contributed by atoms with E-state index in [1.165, 1.54) is 16.2 Å². The summed E-state index contributed by atoms with van der Waals surface area (Å²) >= 11 is 1.52. The van der Waals surface area contributed by atoms with Crippen molar-refractivity contribution < 1.29 is 0 Å². The van der Waals surface area contributed by atoms with Crippen molar-refractivity contribution in [3.8, 4) is 12.3 Å². The molecule has 1 N–H and O–H groups in total. The molecule has 0 spiro atoms. The van der Waals surface area contributed by atoms with Crippen LogP contribution in [0.4, 0.5) is 0 Å². The molecule has 0 aromatic carbocycles. The molecule has 0 saturated heterocycles. The van der Waals surface area contributed by atoms with Crippen LogP contribution in [0.25, 0.3) is 10.2 Å². The fourth-order valence-corrected chi connectivity index (χ4v) is 3.62. The van der Waals surface area contributed by atoms with E-state index in [4.69, 9.17) is 6.42 Å². The van der Waals surface area contributed by atoms with Gasteiger partial charge in [0.15, 0.2) is 0 Å². The monoisotopic (exact) mass is 246 g/mol. The minimum absolute atomic E-state index is 0.0225. The number of aromatic amines is 1. The molecule has 1 aliphatic rings. The number of hydrogen-bond acceptors (Lipinski definition) is 3. The zero-order valence-corrected chi connectivity index (χ0v) is 9.89. The molecule has 4 nitrogen and oxygen atoms in total. The lowest BCUT2D eigenvalue weighted by atomic mass is 10.2. The standard InChI is InChI=1S/C12H10N2O2S/c1-2-6-14-11(15)9-7-4-3-5-8(7)17-10(9)13-12(14)16/h1H,3-6H2,(H,13,16). The van der Waals surface area contributed by atoms with Gasteiger partial charge in [0.05, 0.1) is 11.9 Å². The smallest absolute Gasteiger partial charge is 0.298 e. The number of rotatable bonds is 1. The molecule has 2 heterocycles. The highest BCUT2D eigenvalue weighted by Crippen LogP contribution is 2.33. The van der Waals surface area contributed by atoms with Crippen LogP contribution in [0.15, 0.2) is 9.59 Å². The van der Waals surface area contributed by atoms with Crippen molar-refractivity contribution in [3.05, 3.63) is 31.3 Å². The Bertz CT molecular complexity index is 758. The fourth-order valence-electron chi connectivity index (χ4n) is 2.35. The molecule has 0 fully saturated rings.